The van der Waals surface area contributed by atoms with Crippen molar-refractivity contribution in [3.8, 4) is 16.9 Å². The van der Waals surface area contributed by atoms with Crippen molar-refractivity contribution in [2.45, 2.75) is 50.4 Å². The zero-order chi connectivity index (χ0) is 27.0. The van der Waals surface area contributed by atoms with Crippen molar-refractivity contribution in [1.82, 2.24) is 19.9 Å². The van der Waals surface area contributed by atoms with Gasteiger partial charge in [-0.25, -0.2) is 4.98 Å². The molecule has 4 rings (SSSR count). The van der Waals surface area contributed by atoms with E-state index in [9.17, 15) is 23.4 Å². The molecule has 0 spiro atoms. The molecule has 1 atom stereocenters. The van der Waals surface area contributed by atoms with Crippen LogP contribution in [0.2, 0.25) is 0 Å². The number of aromatic amines is 1. The lowest BCUT2D eigenvalue weighted by Gasteiger charge is -2.38. The second kappa shape index (κ2) is 9.79. The number of phenols is 1. The van der Waals surface area contributed by atoms with Gasteiger partial charge in [0.05, 0.1) is 16.7 Å². The highest BCUT2D eigenvalue weighted by atomic mass is 19.4. The second-order valence-electron chi connectivity index (χ2n) is 10.5. The highest BCUT2D eigenvalue weighted by Crippen LogP contribution is 2.45. The summed E-state index contributed by atoms with van der Waals surface area (Å²) in [6, 6.07) is 13.5. The third-order valence-corrected chi connectivity index (χ3v) is 6.53. The standard InChI is InChI=1S/C28H31F3N4O2/c1-26(2,22-12-18(7-10-25(22)36)19-6-5-11-32-15-19)17-27(37,28(29,30)31)14-21-13-24-23(34-21)9-8-20(33-24)16-35(3)4/h5-13,15,34,36-37H,14,16-17H2,1-4H3. The number of benzene rings is 1. The van der Waals surface area contributed by atoms with Crippen LogP contribution < -0.4 is 0 Å². The lowest BCUT2D eigenvalue weighted by atomic mass is 9.72. The van der Waals surface area contributed by atoms with Crippen molar-refractivity contribution >= 4 is 11.0 Å². The van der Waals surface area contributed by atoms with E-state index in [4.69, 9.17) is 0 Å². The summed E-state index contributed by atoms with van der Waals surface area (Å²) < 4.78 is 43.2. The summed E-state index contributed by atoms with van der Waals surface area (Å²) in [7, 11) is 3.81. The Morgan fingerprint density at radius 1 is 1.00 bits per heavy atom. The Balaban J connectivity index is 1.66. The number of alkyl halides is 3. The molecule has 0 amide bonds. The Bertz CT molecular complexity index is 1380. The van der Waals surface area contributed by atoms with Gasteiger partial charge >= 0.3 is 6.18 Å². The number of fused-ring (bicyclic) bond motifs is 1. The summed E-state index contributed by atoms with van der Waals surface area (Å²) >= 11 is 0. The molecule has 4 aromatic rings. The number of aromatic hydroxyl groups is 1. The molecule has 3 heterocycles. The zero-order valence-electron chi connectivity index (χ0n) is 21.3. The average molecular weight is 513 g/mol. The molecule has 37 heavy (non-hydrogen) atoms. The van der Waals surface area contributed by atoms with Gasteiger partial charge in [-0.3, -0.25) is 4.98 Å². The average Bonchev–Trinajstić information content (AvgIpc) is 3.19. The molecular weight excluding hydrogens is 481 g/mol. The fourth-order valence-electron chi connectivity index (χ4n) is 4.81. The molecule has 0 saturated heterocycles. The molecule has 0 saturated carbocycles. The first-order chi connectivity index (χ1) is 17.3. The van der Waals surface area contributed by atoms with Crippen LogP contribution in [0.4, 0.5) is 13.2 Å². The van der Waals surface area contributed by atoms with E-state index in [1.807, 2.05) is 31.1 Å². The van der Waals surface area contributed by atoms with Crippen LogP contribution in [-0.2, 0) is 18.4 Å². The quantitative estimate of drug-likeness (QED) is 0.286. The van der Waals surface area contributed by atoms with Crippen LogP contribution in [0, 0.1) is 0 Å². The minimum Gasteiger partial charge on any atom is -0.508 e. The predicted octanol–water partition coefficient (Wildman–Crippen LogP) is 5.60. The first kappa shape index (κ1) is 26.6. The molecule has 1 aromatic carbocycles. The number of pyridine rings is 2. The monoisotopic (exact) mass is 512 g/mol. The van der Waals surface area contributed by atoms with Crippen molar-refractivity contribution in [1.29, 1.82) is 0 Å². The van der Waals surface area contributed by atoms with E-state index in [0.717, 1.165) is 11.3 Å². The molecule has 9 heteroatoms. The summed E-state index contributed by atoms with van der Waals surface area (Å²) in [6.07, 6.45) is -2.99. The number of nitrogens with zero attached hydrogens (tertiary/aromatic N) is 3. The number of nitrogens with one attached hydrogen (secondary N) is 1. The molecule has 3 N–H and O–H groups in total. The number of rotatable bonds is 8. The van der Waals surface area contributed by atoms with E-state index in [-0.39, 0.29) is 11.4 Å². The van der Waals surface area contributed by atoms with Crippen molar-refractivity contribution < 1.29 is 23.4 Å². The SMILES string of the molecule is CN(C)Cc1ccc2[nH]c(CC(O)(CC(C)(C)c3cc(-c4cccnc4)ccc3O)C(F)(F)F)cc2n1. The third kappa shape index (κ3) is 5.78. The van der Waals surface area contributed by atoms with Gasteiger partial charge in [0.25, 0.3) is 0 Å². The molecule has 0 fully saturated rings. The Morgan fingerprint density at radius 3 is 2.41 bits per heavy atom. The van der Waals surface area contributed by atoms with Gasteiger partial charge < -0.3 is 20.1 Å². The lowest BCUT2D eigenvalue weighted by Crippen LogP contribution is -2.50. The van der Waals surface area contributed by atoms with E-state index >= 15 is 0 Å². The molecule has 6 nitrogen and oxygen atoms in total. The molecule has 1 unspecified atom stereocenters. The number of hydrogen-bond acceptors (Lipinski definition) is 5. The number of aliphatic hydroxyl groups is 1. The van der Waals surface area contributed by atoms with Gasteiger partial charge in [-0.15, -0.1) is 0 Å². The fourth-order valence-corrected chi connectivity index (χ4v) is 4.81. The fraction of sp³-hybridized carbons (Fsp3) is 0.357. The maximum atomic E-state index is 14.4. The molecule has 0 bridgehead atoms. The Hall–Kier alpha value is -3.43. The van der Waals surface area contributed by atoms with E-state index in [0.29, 0.717) is 28.7 Å². The molecule has 0 aliphatic rings. The largest absolute Gasteiger partial charge is 0.508 e. The van der Waals surface area contributed by atoms with Crippen LogP contribution >= 0.6 is 0 Å². The number of halogens is 3. The Kier molecular flexibility index (Phi) is 7.05. The molecule has 3 aromatic heterocycles. The van der Waals surface area contributed by atoms with Crippen molar-refractivity contribution in [2.24, 2.45) is 0 Å². The van der Waals surface area contributed by atoms with Crippen LogP contribution in [-0.4, -0.2) is 55.9 Å². The van der Waals surface area contributed by atoms with Crippen LogP contribution in [0.15, 0.2) is 60.9 Å². The molecule has 0 aliphatic carbocycles. The predicted molar refractivity (Wildman–Crippen MR) is 137 cm³/mol. The van der Waals surface area contributed by atoms with E-state index in [1.165, 1.54) is 6.07 Å². The van der Waals surface area contributed by atoms with Gasteiger partial charge in [-0.1, -0.05) is 26.0 Å². The third-order valence-electron chi connectivity index (χ3n) is 6.53. The maximum absolute atomic E-state index is 14.4. The summed E-state index contributed by atoms with van der Waals surface area (Å²) in [5, 5.41) is 21.7. The first-order valence-electron chi connectivity index (χ1n) is 11.9. The highest BCUT2D eigenvalue weighted by molar-refractivity contribution is 5.76. The molecule has 0 radical (unpaired) electrons. The second-order valence-corrected chi connectivity index (χ2v) is 10.5. The van der Waals surface area contributed by atoms with Crippen molar-refractivity contribution in [3.05, 3.63) is 77.9 Å². The van der Waals surface area contributed by atoms with Gasteiger partial charge in [0.15, 0.2) is 5.60 Å². The van der Waals surface area contributed by atoms with Crippen LogP contribution in [0.1, 0.15) is 37.2 Å². The van der Waals surface area contributed by atoms with Gasteiger partial charge in [0, 0.05) is 42.2 Å². The summed E-state index contributed by atoms with van der Waals surface area (Å²) in [4.78, 5) is 13.5. The smallest absolute Gasteiger partial charge is 0.417 e. The van der Waals surface area contributed by atoms with Crippen LogP contribution in [0.25, 0.3) is 22.2 Å². The van der Waals surface area contributed by atoms with E-state index < -0.39 is 30.0 Å². The number of phenolic OH excluding ortho intramolecular Hbond substituents is 1. The summed E-state index contributed by atoms with van der Waals surface area (Å²) in [5.41, 5.74) is -0.334. The van der Waals surface area contributed by atoms with E-state index in [1.54, 1.807) is 56.6 Å². The molecular formula is C28H31F3N4O2. The van der Waals surface area contributed by atoms with Gasteiger partial charge in [0.2, 0.25) is 0 Å². The number of hydrogen-bond donors (Lipinski definition) is 3. The summed E-state index contributed by atoms with van der Waals surface area (Å²) in [5.74, 6) is -0.134. The minimum atomic E-state index is -4.92. The van der Waals surface area contributed by atoms with Gasteiger partial charge in [0.1, 0.15) is 5.75 Å². The number of aromatic nitrogens is 3. The van der Waals surface area contributed by atoms with Crippen LogP contribution in [0.3, 0.4) is 0 Å². The Morgan fingerprint density at radius 2 is 1.76 bits per heavy atom. The molecule has 0 aliphatic heterocycles. The number of H-pyrrole nitrogens is 1. The highest BCUT2D eigenvalue weighted by Gasteiger charge is 2.56. The zero-order valence-corrected chi connectivity index (χ0v) is 21.3. The topological polar surface area (TPSA) is 85.3 Å². The maximum Gasteiger partial charge on any atom is 0.417 e. The van der Waals surface area contributed by atoms with Crippen molar-refractivity contribution in [2.75, 3.05) is 14.1 Å². The van der Waals surface area contributed by atoms with Crippen molar-refractivity contribution in [3.63, 3.8) is 0 Å². The first-order valence-corrected chi connectivity index (χ1v) is 11.9. The van der Waals surface area contributed by atoms with Gasteiger partial charge in [-0.05, 0) is 67.9 Å². The van der Waals surface area contributed by atoms with E-state index in [2.05, 4.69) is 15.0 Å². The normalized spacial score (nSPS) is 14.3. The minimum absolute atomic E-state index is 0.134. The molecule has 196 valence electrons. The lowest BCUT2D eigenvalue weighted by molar-refractivity contribution is -0.266. The Labute approximate surface area is 213 Å². The van der Waals surface area contributed by atoms with Crippen LogP contribution in [0.5, 0.6) is 5.75 Å². The summed E-state index contributed by atoms with van der Waals surface area (Å²) in [6.45, 7) is 3.77. The van der Waals surface area contributed by atoms with Gasteiger partial charge in [-0.2, -0.15) is 13.2 Å².